The zero-order valence-corrected chi connectivity index (χ0v) is 20.5. The summed E-state index contributed by atoms with van der Waals surface area (Å²) in [6, 6.07) is 1.38. The highest BCUT2D eigenvalue weighted by molar-refractivity contribution is 7.99. The molecule has 0 bridgehead atoms. The number of hydrogen-bond acceptors (Lipinski definition) is 6. The van der Waals surface area contributed by atoms with Crippen LogP contribution in [0.3, 0.4) is 0 Å². The third-order valence-electron chi connectivity index (χ3n) is 6.75. The van der Waals surface area contributed by atoms with Crippen LogP contribution in [0.4, 0.5) is 4.39 Å². The van der Waals surface area contributed by atoms with E-state index in [4.69, 9.17) is 0 Å². The normalized spacial score (nSPS) is 20.3. The number of carbonyl (C=O) groups excluding carboxylic acids is 5. The molecular formula is C25H30FN3O5S. The van der Waals surface area contributed by atoms with E-state index in [1.54, 1.807) is 0 Å². The molecule has 10 heteroatoms. The molecule has 1 unspecified atom stereocenters. The predicted molar refractivity (Wildman–Crippen MR) is 127 cm³/mol. The van der Waals surface area contributed by atoms with Crippen LogP contribution >= 0.6 is 11.8 Å². The summed E-state index contributed by atoms with van der Waals surface area (Å²) in [6.07, 6.45) is 7.40. The minimum atomic E-state index is -1.08. The molecular weight excluding hydrogens is 473 g/mol. The van der Waals surface area contributed by atoms with Crippen LogP contribution in [0.25, 0.3) is 0 Å². The molecule has 0 radical (unpaired) electrons. The van der Waals surface area contributed by atoms with Gasteiger partial charge in [-0.3, -0.25) is 34.2 Å². The van der Waals surface area contributed by atoms with Gasteiger partial charge in [-0.25, -0.2) is 4.39 Å². The first-order valence-electron chi connectivity index (χ1n) is 12.3. The number of piperidine rings is 2. The second-order valence-corrected chi connectivity index (χ2v) is 10.3. The van der Waals surface area contributed by atoms with Gasteiger partial charge in [0.25, 0.3) is 11.8 Å². The molecule has 35 heavy (non-hydrogen) atoms. The van der Waals surface area contributed by atoms with Crippen LogP contribution in [0.1, 0.15) is 84.9 Å². The lowest BCUT2D eigenvalue weighted by molar-refractivity contribution is -0.136. The lowest BCUT2D eigenvalue weighted by Gasteiger charge is -2.27. The highest BCUT2D eigenvalue weighted by Crippen LogP contribution is 2.36. The van der Waals surface area contributed by atoms with Gasteiger partial charge in [-0.05, 0) is 56.4 Å². The molecule has 3 heterocycles. The number of amides is 5. The Kier molecular flexibility index (Phi) is 8.20. The maximum absolute atomic E-state index is 14.7. The Morgan fingerprint density at radius 2 is 1.74 bits per heavy atom. The molecule has 188 valence electrons. The SMILES string of the molecule is O=C1CCC(N2C(=O)c3ccc(F)c(SCCCCCCC(=O)N4CCCCC4)c3C2=O)C(=O)N1. The first-order chi connectivity index (χ1) is 16.9. The van der Waals surface area contributed by atoms with Crippen molar-refractivity contribution in [1.29, 1.82) is 0 Å². The maximum atomic E-state index is 14.7. The van der Waals surface area contributed by atoms with Crippen LogP contribution in [0.5, 0.6) is 0 Å². The van der Waals surface area contributed by atoms with Crippen molar-refractivity contribution >= 4 is 41.3 Å². The van der Waals surface area contributed by atoms with E-state index in [2.05, 4.69) is 5.32 Å². The van der Waals surface area contributed by atoms with E-state index in [-0.39, 0.29) is 34.8 Å². The van der Waals surface area contributed by atoms with Crippen LogP contribution in [0, 0.1) is 5.82 Å². The number of hydrogen-bond donors (Lipinski definition) is 1. The molecule has 0 aliphatic carbocycles. The van der Waals surface area contributed by atoms with E-state index in [0.717, 1.165) is 56.5 Å². The second kappa shape index (κ2) is 11.3. The number of nitrogens with one attached hydrogen (secondary N) is 1. The van der Waals surface area contributed by atoms with Gasteiger partial charge in [-0.1, -0.05) is 12.8 Å². The Morgan fingerprint density at radius 1 is 1.00 bits per heavy atom. The third-order valence-corrected chi connectivity index (χ3v) is 7.93. The van der Waals surface area contributed by atoms with Gasteiger partial charge in [0.1, 0.15) is 11.9 Å². The molecule has 1 aromatic rings. The largest absolute Gasteiger partial charge is 0.343 e. The minimum Gasteiger partial charge on any atom is -0.343 e. The number of imide groups is 2. The van der Waals surface area contributed by atoms with Crippen LogP contribution in [-0.2, 0) is 14.4 Å². The maximum Gasteiger partial charge on any atom is 0.263 e. The Hall–Kier alpha value is -2.75. The quantitative estimate of drug-likeness (QED) is 0.315. The first kappa shape index (κ1) is 25.3. The summed E-state index contributed by atoms with van der Waals surface area (Å²) in [5.41, 5.74) is 0.0802. The van der Waals surface area contributed by atoms with E-state index in [1.807, 2.05) is 4.90 Å². The van der Waals surface area contributed by atoms with Crippen molar-refractivity contribution in [3.8, 4) is 0 Å². The molecule has 2 fully saturated rings. The topological polar surface area (TPSA) is 104 Å². The van der Waals surface area contributed by atoms with Crippen LogP contribution < -0.4 is 5.32 Å². The van der Waals surface area contributed by atoms with E-state index in [9.17, 15) is 28.4 Å². The van der Waals surface area contributed by atoms with Crippen molar-refractivity contribution in [3.05, 3.63) is 29.1 Å². The number of rotatable bonds is 9. The fourth-order valence-electron chi connectivity index (χ4n) is 4.85. The summed E-state index contributed by atoms with van der Waals surface area (Å²) >= 11 is 1.19. The van der Waals surface area contributed by atoms with Gasteiger partial charge in [0.2, 0.25) is 17.7 Å². The lowest BCUT2D eigenvalue weighted by atomic mass is 10.0. The van der Waals surface area contributed by atoms with Gasteiger partial charge < -0.3 is 4.90 Å². The third kappa shape index (κ3) is 5.58. The van der Waals surface area contributed by atoms with Gasteiger partial charge in [-0.15, -0.1) is 11.8 Å². The number of halogens is 1. The Balaban J connectivity index is 1.29. The minimum absolute atomic E-state index is 0.00294. The monoisotopic (exact) mass is 503 g/mol. The molecule has 1 aromatic carbocycles. The predicted octanol–water partition coefficient (Wildman–Crippen LogP) is 3.28. The number of likely N-dealkylation sites (tertiary alicyclic amines) is 1. The summed E-state index contributed by atoms with van der Waals surface area (Å²) in [5.74, 6) is -2.26. The molecule has 1 atom stereocenters. The smallest absolute Gasteiger partial charge is 0.263 e. The fraction of sp³-hybridized carbons (Fsp3) is 0.560. The van der Waals surface area contributed by atoms with Crippen molar-refractivity contribution in [2.45, 2.75) is 75.1 Å². The molecule has 0 saturated carbocycles. The zero-order chi connectivity index (χ0) is 24.9. The fourth-order valence-corrected chi connectivity index (χ4v) is 5.95. The van der Waals surface area contributed by atoms with Gasteiger partial charge in [0.05, 0.1) is 16.0 Å². The molecule has 0 aromatic heterocycles. The van der Waals surface area contributed by atoms with E-state index < -0.39 is 35.5 Å². The van der Waals surface area contributed by atoms with Crippen molar-refractivity contribution in [3.63, 3.8) is 0 Å². The molecule has 0 spiro atoms. The first-order valence-corrected chi connectivity index (χ1v) is 13.3. The van der Waals surface area contributed by atoms with Crippen molar-refractivity contribution < 1.29 is 28.4 Å². The molecule has 8 nitrogen and oxygen atoms in total. The van der Waals surface area contributed by atoms with E-state index in [1.165, 1.54) is 30.3 Å². The second-order valence-electron chi connectivity index (χ2n) is 9.20. The highest BCUT2D eigenvalue weighted by atomic mass is 32.2. The Morgan fingerprint density at radius 3 is 2.49 bits per heavy atom. The van der Waals surface area contributed by atoms with Gasteiger partial charge in [-0.2, -0.15) is 0 Å². The average Bonchev–Trinajstić information content (AvgIpc) is 3.10. The van der Waals surface area contributed by atoms with Crippen LogP contribution in [0.15, 0.2) is 17.0 Å². The number of unbranched alkanes of at least 4 members (excludes halogenated alkanes) is 3. The standard InChI is InChI=1S/C25H30FN3O5S/c26-17-10-9-16-21(25(34)29(24(16)33)18-11-12-19(30)27-23(18)32)22(17)35-15-7-2-1-4-8-20(31)28-13-5-3-6-14-28/h9-10,18H,1-8,11-15H2,(H,27,30,32). The lowest BCUT2D eigenvalue weighted by Crippen LogP contribution is -2.54. The van der Waals surface area contributed by atoms with Crippen LogP contribution in [-0.4, -0.2) is 64.2 Å². The van der Waals surface area contributed by atoms with Crippen molar-refractivity contribution in [2.75, 3.05) is 18.8 Å². The van der Waals surface area contributed by atoms with Crippen molar-refractivity contribution in [2.24, 2.45) is 0 Å². The van der Waals surface area contributed by atoms with E-state index >= 15 is 0 Å². The molecule has 1 N–H and O–H groups in total. The number of thioether (sulfide) groups is 1. The number of nitrogens with zero attached hydrogens (tertiary/aromatic N) is 2. The van der Waals surface area contributed by atoms with Crippen molar-refractivity contribution in [1.82, 2.24) is 15.1 Å². The van der Waals surface area contributed by atoms with E-state index in [0.29, 0.717) is 12.2 Å². The van der Waals surface area contributed by atoms with Gasteiger partial charge in [0.15, 0.2) is 0 Å². The average molecular weight is 504 g/mol. The molecule has 2 saturated heterocycles. The number of benzene rings is 1. The van der Waals surface area contributed by atoms with Gasteiger partial charge >= 0.3 is 0 Å². The summed E-state index contributed by atoms with van der Waals surface area (Å²) in [6.45, 7) is 1.73. The molecule has 4 rings (SSSR count). The van der Waals surface area contributed by atoms with Gasteiger partial charge in [0, 0.05) is 25.9 Å². The number of fused-ring (bicyclic) bond motifs is 1. The zero-order valence-electron chi connectivity index (χ0n) is 19.6. The van der Waals surface area contributed by atoms with Crippen LogP contribution in [0.2, 0.25) is 0 Å². The summed E-state index contributed by atoms with van der Waals surface area (Å²) < 4.78 is 14.7. The summed E-state index contributed by atoms with van der Waals surface area (Å²) in [4.78, 5) is 64.8. The Labute approximate surface area is 208 Å². The highest BCUT2D eigenvalue weighted by Gasteiger charge is 2.46. The number of carbonyl (C=O) groups is 5. The molecule has 5 amide bonds. The molecule has 3 aliphatic heterocycles. The molecule has 3 aliphatic rings. The summed E-state index contributed by atoms with van der Waals surface area (Å²) in [7, 11) is 0. The summed E-state index contributed by atoms with van der Waals surface area (Å²) in [5, 5.41) is 2.16. The Bertz CT molecular complexity index is 1040.